The van der Waals surface area contributed by atoms with Crippen LogP contribution in [-0.4, -0.2) is 18.3 Å². The zero-order valence-corrected chi connectivity index (χ0v) is 13.2. The average molecular weight is 307 g/mol. The van der Waals surface area contributed by atoms with Gasteiger partial charge in [0.2, 0.25) is 0 Å². The lowest BCUT2D eigenvalue weighted by molar-refractivity contribution is -0.134. The van der Waals surface area contributed by atoms with Crippen LogP contribution in [-0.2, 0) is 9.63 Å². The van der Waals surface area contributed by atoms with Crippen LogP contribution in [0.25, 0.3) is 0 Å². The summed E-state index contributed by atoms with van der Waals surface area (Å²) < 4.78 is 10.3. The molecule has 6 heteroatoms. The van der Waals surface area contributed by atoms with Gasteiger partial charge in [0.25, 0.3) is 0 Å². The van der Waals surface area contributed by atoms with Crippen LogP contribution in [0.4, 0.5) is 0 Å². The molecule has 0 aliphatic carbocycles. The van der Waals surface area contributed by atoms with Crippen LogP contribution in [0.15, 0.2) is 33.1 Å². The summed E-state index contributed by atoms with van der Waals surface area (Å²) in [4.78, 5) is 28.8. The van der Waals surface area contributed by atoms with Crippen molar-refractivity contribution in [1.29, 1.82) is 0 Å². The molecule has 0 bridgehead atoms. The highest BCUT2D eigenvalue weighted by atomic mass is 16.6. The van der Waals surface area contributed by atoms with Gasteiger partial charge < -0.3 is 14.0 Å². The third kappa shape index (κ3) is 4.87. The van der Waals surface area contributed by atoms with Crippen molar-refractivity contribution in [2.75, 3.05) is 6.61 Å². The molecular formula is C16H21NO5. The number of ether oxygens (including phenoxy) is 1. The first-order valence-corrected chi connectivity index (χ1v) is 7.18. The lowest BCUT2D eigenvalue weighted by atomic mass is 10.1. The summed E-state index contributed by atoms with van der Waals surface area (Å²) >= 11 is 0. The van der Waals surface area contributed by atoms with E-state index in [1.54, 1.807) is 19.9 Å². The topological polar surface area (TPSA) is 78.1 Å². The standard InChI is InChI=1S/C16H21NO5/c1-5-8-12(17-20-9-6-2)15-13(22-14(18)7-3)10-11(4)21-16(15)19/h6,10H,2,5,7-9H2,1,3-4H3. The predicted molar refractivity (Wildman–Crippen MR) is 83.2 cm³/mol. The van der Waals surface area contributed by atoms with Crippen molar-refractivity contribution < 1.29 is 18.8 Å². The SMILES string of the molecule is C=CCON=C(CCC)c1c(OC(=O)CC)cc(C)oc1=O. The summed E-state index contributed by atoms with van der Waals surface area (Å²) in [5.41, 5.74) is -0.0939. The fourth-order valence-corrected chi connectivity index (χ4v) is 1.74. The summed E-state index contributed by atoms with van der Waals surface area (Å²) in [6.45, 7) is 8.97. The molecule has 0 aliphatic heterocycles. The third-order valence-corrected chi connectivity index (χ3v) is 2.69. The molecule has 0 spiro atoms. The van der Waals surface area contributed by atoms with Crippen molar-refractivity contribution in [3.8, 4) is 5.75 Å². The van der Waals surface area contributed by atoms with E-state index >= 15 is 0 Å². The molecule has 0 aliphatic rings. The Bertz CT molecular complexity index is 615. The first-order valence-electron chi connectivity index (χ1n) is 7.18. The number of esters is 1. The molecule has 0 saturated heterocycles. The maximum Gasteiger partial charge on any atom is 0.349 e. The number of aryl methyl sites for hydroxylation is 1. The maximum absolute atomic E-state index is 12.2. The number of hydrogen-bond acceptors (Lipinski definition) is 6. The van der Waals surface area contributed by atoms with Crippen molar-refractivity contribution in [2.45, 2.75) is 40.0 Å². The van der Waals surface area contributed by atoms with Gasteiger partial charge >= 0.3 is 11.6 Å². The Hall–Kier alpha value is -2.37. The molecule has 0 atom stereocenters. The number of carbonyl (C=O) groups is 1. The molecule has 0 amide bonds. The van der Waals surface area contributed by atoms with Crippen LogP contribution in [0.3, 0.4) is 0 Å². The highest BCUT2D eigenvalue weighted by Crippen LogP contribution is 2.20. The zero-order valence-electron chi connectivity index (χ0n) is 13.2. The van der Waals surface area contributed by atoms with Crippen LogP contribution in [0.2, 0.25) is 0 Å². The molecule has 0 fully saturated rings. The quantitative estimate of drug-likeness (QED) is 0.242. The van der Waals surface area contributed by atoms with Crippen LogP contribution in [0, 0.1) is 6.92 Å². The number of hydrogen-bond donors (Lipinski definition) is 0. The van der Waals surface area contributed by atoms with E-state index in [1.165, 1.54) is 6.07 Å². The minimum absolute atomic E-state index is 0.123. The van der Waals surface area contributed by atoms with E-state index in [2.05, 4.69) is 11.7 Å². The molecule has 1 aromatic heterocycles. The lowest BCUT2D eigenvalue weighted by Crippen LogP contribution is -2.20. The second-order valence-electron chi connectivity index (χ2n) is 4.58. The molecule has 0 saturated carbocycles. The molecule has 0 aromatic carbocycles. The number of rotatable bonds is 8. The van der Waals surface area contributed by atoms with Crippen molar-refractivity contribution >= 4 is 11.7 Å². The normalized spacial score (nSPS) is 11.1. The van der Waals surface area contributed by atoms with Crippen LogP contribution < -0.4 is 10.4 Å². The molecule has 1 rings (SSSR count). The van der Waals surface area contributed by atoms with Crippen LogP contribution >= 0.6 is 0 Å². The van der Waals surface area contributed by atoms with E-state index in [-0.39, 0.29) is 24.3 Å². The van der Waals surface area contributed by atoms with Gasteiger partial charge in [-0.3, -0.25) is 4.79 Å². The number of oxime groups is 1. The highest BCUT2D eigenvalue weighted by molar-refractivity contribution is 6.02. The highest BCUT2D eigenvalue weighted by Gasteiger charge is 2.20. The number of carbonyl (C=O) groups excluding carboxylic acids is 1. The summed E-state index contributed by atoms with van der Waals surface area (Å²) in [6.07, 6.45) is 2.97. The van der Waals surface area contributed by atoms with Gasteiger partial charge in [-0.15, -0.1) is 0 Å². The summed E-state index contributed by atoms with van der Waals surface area (Å²) in [5.74, 6) is 0.0691. The summed E-state index contributed by atoms with van der Waals surface area (Å²) in [7, 11) is 0. The molecule has 120 valence electrons. The summed E-state index contributed by atoms with van der Waals surface area (Å²) in [5, 5.41) is 3.95. The maximum atomic E-state index is 12.2. The largest absolute Gasteiger partial charge is 0.427 e. The molecule has 22 heavy (non-hydrogen) atoms. The Kier molecular flexibility index (Phi) is 7.08. The molecule has 0 unspecified atom stereocenters. The predicted octanol–water partition coefficient (Wildman–Crippen LogP) is 2.97. The molecule has 1 heterocycles. The monoisotopic (exact) mass is 307 g/mol. The van der Waals surface area contributed by atoms with Gasteiger partial charge in [0.05, 0.1) is 5.71 Å². The van der Waals surface area contributed by atoms with Gasteiger partial charge in [0, 0.05) is 12.5 Å². The van der Waals surface area contributed by atoms with Gasteiger partial charge in [-0.1, -0.05) is 38.1 Å². The molecule has 6 nitrogen and oxygen atoms in total. The first kappa shape index (κ1) is 17.7. The zero-order chi connectivity index (χ0) is 16.5. The van der Waals surface area contributed by atoms with Gasteiger partial charge in [-0.25, -0.2) is 4.79 Å². The Morgan fingerprint density at radius 2 is 2.18 bits per heavy atom. The van der Waals surface area contributed by atoms with E-state index in [4.69, 9.17) is 14.0 Å². The summed E-state index contributed by atoms with van der Waals surface area (Å²) in [6, 6.07) is 1.50. The Labute approximate surface area is 129 Å². The number of nitrogens with zero attached hydrogens (tertiary/aromatic N) is 1. The lowest BCUT2D eigenvalue weighted by Gasteiger charge is -2.10. The van der Waals surface area contributed by atoms with E-state index in [1.807, 2.05) is 6.92 Å². The van der Waals surface area contributed by atoms with Crippen molar-refractivity contribution in [1.82, 2.24) is 0 Å². The fourth-order valence-electron chi connectivity index (χ4n) is 1.74. The third-order valence-electron chi connectivity index (χ3n) is 2.69. The van der Waals surface area contributed by atoms with Gasteiger partial charge in [0.1, 0.15) is 17.9 Å². The van der Waals surface area contributed by atoms with Crippen molar-refractivity contribution in [3.63, 3.8) is 0 Å². The second-order valence-corrected chi connectivity index (χ2v) is 4.58. The van der Waals surface area contributed by atoms with Crippen LogP contribution in [0.1, 0.15) is 44.4 Å². The van der Waals surface area contributed by atoms with E-state index in [0.29, 0.717) is 17.9 Å². The average Bonchev–Trinajstić information content (AvgIpc) is 2.46. The van der Waals surface area contributed by atoms with Gasteiger partial charge in [0.15, 0.2) is 5.75 Å². The Morgan fingerprint density at radius 1 is 1.45 bits per heavy atom. The van der Waals surface area contributed by atoms with Crippen molar-refractivity contribution in [3.05, 3.63) is 40.5 Å². The fraction of sp³-hybridized carbons (Fsp3) is 0.438. The Morgan fingerprint density at radius 3 is 2.77 bits per heavy atom. The van der Waals surface area contributed by atoms with Gasteiger partial charge in [-0.05, 0) is 13.3 Å². The second kappa shape index (κ2) is 8.81. The minimum atomic E-state index is -0.603. The van der Waals surface area contributed by atoms with E-state index < -0.39 is 11.6 Å². The molecule has 1 aromatic rings. The minimum Gasteiger partial charge on any atom is -0.427 e. The smallest absolute Gasteiger partial charge is 0.349 e. The Balaban J connectivity index is 3.33. The van der Waals surface area contributed by atoms with Crippen LogP contribution in [0.5, 0.6) is 5.75 Å². The molecular weight excluding hydrogens is 286 g/mol. The molecule has 0 radical (unpaired) electrons. The molecule has 0 N–H and O–H groups in total. The van der Waals surface area contributed by atoms with E-state index in [0.717, 1.165) is 6.42 Å². The van der Waals surface area contributed by atoms with E-state index in [9.17, 15) is 9.59 Å². The first-order chi connectivity index (χ1) is 10.5. The van der Waals surface area contributed by atoms with Gasteiger partial charge in [-0.2, -0.15) is 0 Å². The van der Waals surface area contributed by atoms with Crippen molar-refractivity contribution in [2.24, 2.45) is 5.16 Å².